The molecule has 0 aliphatic rings. The lowest BCUT2D eigenvalue weighted by Crippen LogP contribution is -2.30. The van der Waals surface area contributed by atoms with E-state index in [2.05, 4.69) is 5.32 Å². The molecule has 0 saturated carbocycles. The average molecular weight is 368 g/mol. The maximum Gasteiger partial charge on any atom is 0.340 e. The maximum atomic E-state index is 12.6. The highest BCUT2D eigenvalue weighted by Gasteiger charge is 2.17. The van der Waals surface area contributed by atoms with Gasteiger partial charge in [0, 0.05) is 24.2 Å². The zero-order valence-electron chi connectivity index (χ0n) is 15.8. The highest BCUT2D eigenvalue weighted by molar-refractivity contribution is 6.09. The molecule has 0 spiro atoms. The Morgan fingerprint density at radius 3 is 2.26 bits per heavy atom. The van der Waals surface area contributed by atoms with Crippen LogP contribution >= 0.6 is 0 Å². The van der Waals surface area contributed by atoms with Gasteiger partial charge in [-0.05, 0) is 51.1 Å². The Bertz CT molecular complexity index is 828. The minimum Gasteiger partial charge on any atom is -0.462 e. The number of ether oxygens (including phenoxy) is 1. The van der Waals surface area contributed by atoms with E-state index in [0.29, 0.717) is 29.9 Å². The molecule has 2 amide bonds. The minimum absolute atomic E-state index is 0.124. The Morgan fingerprint density at radius 2 is 1.59 bits per heavy atom. The second-order valence-corrected chi connectivity index (χ2v) is 5.78. The van der Waals surface area contributed by atoms with Crippen molar-refractivity contribution in [1.82, 2.24) is 4.90 Å². The molecule has 0 aliphatic carbocycles. The molecule has 142 valence electrons. The third-order valence-electron chi connectivity index (χ3n) is 4.09. The van der Waals surface area contributed by atoms with Gasteiger partial charge in [0.05, 0.1) is 17.9 Å². The zero-order valence-corrected chi connectivity index (χ0v) is 15.8. The molecule has 6 nitrogen and oxygen atoms in total. The fourth-order valence-corrected chi connectivity index (χ4v) is 2.66. The highest BCUT2D eigenvalue weighted by Crippen LogP contribution is 2.18. The van der Waals surface area contributed by atoms with Crippen LogP contribution in [0.1, 0.15) is 51.8 Å². The average Bonchev–Trinajstić information content (AvgIpc) is 2.69. The van der Waals surface area contributed by atoms with Crippen molar-refractivity contribution in [3.05, 3.63) is 65.2 Å². The maximum absolute atomic E-state index is 12.6. The number of benzene rings is 2. The molecule has 0 atom stereocenters. The van der Waals surface area contributed by atoms with E-state index < -0.39 is 11.9 Å². The van der Waals surface area contributed by atoms with Crippen LogP contribution in [0.15, 0.2) is 48.5 Å². The topological polar surface area (TPSA) is 75.7 Å². The summed E-state index contributed by atoms with van der Waals surface area (Å²) in [6.45, 7) is 6.97. The number of nitrogens with one attached hydrogen (secondary N) is 1. The van der Waals surface area contributed by atoms with Crippen molar-refractivity contribution in [2.75, 3.05) is 25.0 Å². The van der Waals surface area contributed by atoms with E-state index in [1.165, 1.54) is 0 Å². The van der Waals surface area contributed by atoms with Gasteiger partial charge in [0.1, 0.15) is 0 Å². The molecule has 0 saturated heterocycles. The Balaban J connectivity index is 2.24. The summed E-state index contributed by atoms with van der Waals surface area (Å²) in [5.74, 6) is -1.03. The van der Waals surface area contributed by atoms with Crippen LogP contribution in [0.25, 0.3) is 0 Å². The first-order chi connectivity index (χ1) is 13.0. The van der Waals surface area contributed by atoms with Gasteiger partial charge in [-0.1, -0.05) is 18.2 Å². The smallest absolute Gasteiger partial charge is 0.340 e. The summed E-state index contributed by atoms with van der Waals surface area (Å²) in [6.07, 6.45) is 0. The molecule has 2 rings (SSSR count). The van der Waals surface area contributed by atoms with Crippen LogP contribution in [0.5, 0.6) is 0 Å². The number of nitrogens with zero attached hydrogens (tertiary/aromatic N) is 1. The van der Waals surface area contributed by atoms with Gasteiger partial charge >= 0.3 is 5.97 Å². The SMILES string of the molecule is CCOC(=O)c1ccccc1NC(=O)c1cccc(C(=O)N(CC)CC)c1. The van der Waals surface area contributed by atoms with Crippen LogP contribution in [0.3, 0.4) is 0 Å². The predicted molar refractivity (Wildman–Crippen MR) is 104 cm³/mol. The molecule has 0 fully saturated rings. The number of anilines is 1. The first-order valence-electron chi connectivity index (χ1n) is 8.98. The number of para-hydroxylation sites is 1. The molecule has 0 heterocycles. The molecule has 0 unspecified atom stereocenters. The van der Waals surface area contributed by atoms with Crippen molar-refractivity contribution in [3.8, 4) is 0 Å². The van der Waals surface area contributed by atoms with Crippen LogP contribution in [0, 0.1) is 0 Å². The van der Waals surface area contributed by atoms with Crippen molar-refractivity contribution in [3.63, 3.8) is 0 Å². The number of hydrogen-bond acceptors (Lipinski definition) is 4. The molecule has 0 bridgehead atoms. The summed E-state index contributed by atoms with van der Waals surface area (Å²) < 4.78 is 5.02. The molecule has 2 aromatic carbocycles. The van der Waals surface area contributed by atoms with E-state index in [4.69, 9.17) is 4.74 Å². The van der Waals surface area contributed by atoms with E-state index in [0.717, 1.165) is 0 Å². The first-order valence-corrected chi connectivity index (χ1v) is 8.98. The fraction of sp³-hybridized carbons (Fsp3) is 0.286. The highest BCUT2D eigenvalue weighted by atomic mass is 16.5. The largest absolute Gasteiger partial charge is 0.462 e. The standard InChI is InChI=1S/C21H24N2O4/c1-4-23(5-2)20(25)16-11-9-10-15(14-16)19(24)22-18-13-8-7-12-17(18)21(26)27-6-3/h7-14H,4-6H2,1-3H3,(H,22,24). The molecular formula is C21H24N2O4. The number of rotatable bonds is 7. The van der Waals surface area contributed by atoms with Gasteiger partial charge in [-0.2, -0.15) is 0 Å². The summed E-state index contributed by atoms with van der Waals surface area (Å²) in [5.41, 5.74) is 1.43. The molecule has 6 heteroatoms. The van der Waals surface area contributed by atoms with Gasteiger partial charge in [0.15, 0.2) is 0 Å². The molecule has 1 N–H and O–H groups in total. The number of carbonyl (C=O) groups excluding carboxylic acids is 3. The molecular weight excluding hydrogens is 344 g/mol. The molecule has 0 aliphatic heterocycles. The minimum atomic E-state index is -0.501. The fourth-order valence-electron chi connectivity index (χ4n) is 2.66. The van der Waals surface area contributed by atoms with Crippen molar-refractivity contribution in [2.45, 2.75) is 20.8 Å². The van der Waals surface area contributed by atoms with Crippen LogP contribution in [-0.2, 0) is 4.74 Å². The van der Waals surface area contributed by atoms with Crippen molar-refractivity contribution in [2.24, 2.45) is 0 Å². The third kappa shape index (κ3) is 4.94. The van der Waals surface area contributed by atoms with Crippen molar-refractivity contribution in [1.29, 1.82) is 0 Å². The lowest BCUT2D eigenvalue weighted by Gasteiger charge is -2.19. The van der Waals surface area contributed by atoms with Gasteiger partial charge in [0.2, 0.25) is 0 Å². The van der Waals surface area contributed by atoms with Gasteiger partial charge in [0.25, 0.3) is 11.8 Å². The van der Waals surface area contributed by atoms with Gasteiger partial charge in [-0.25, -0.2) is 4.79 Å². The molecule has 0 aromatic heterocycles. The molecule has 0 radical (unpaired) electrons. The number of amides is 2. The lowest BCUT2D eigenvalue weighted by molar-refractivity contribution is 0.0527. The van der Waals surface area contributed by atoms with E-state index >= 15 is 0 Å². The number of carbonyl (C=O) groups is 3. The number of hydrogen-bond donors (Lipinski definition) is 1. The predicted octanol–water partition coefficient (Wildman–Crippen LogP) is 3.60. The third-order valence-corrected chi connectivity index (χ3v) is 4.09. The quantitative estimate of drug-likeness (QED) is 0.758. The van der Waals surface area contributed by atoms with E-state index in [1.807, 2.05) is 13.8 Å². The number of esters is 1. The monoisotopic (exact) mass is 368 g/mol. The van der Waals surface area contributed by atoms with E-state index in [-0.39, 0.29) is 18.1 Å². The van der Waals surface area contributed by atoms with Gasteiger partial charge < -0.3 is 15.0 Å². The summed E-state index contributed by atoms with van der Waals surface area (Å²) in [4.78, 5) is 38.9. The molecule has 27 heavy (non-hydrogen) atoms. The Morgan fingerprint density at radius 1 is 0.926 bits per heavy atom. The van der Waals surface area contributed by atoms with Crippen LogP contribution in [-0.4, -0.2) is 42.4 Å². The summed E-state index contributed by atoms with van der Waals surface area (Å²) >= 11 is 0. The normalized spacial score (nSPS) is 10.2. The Hall–Kier alpha value is -3.15. The Labute approximate surface area is 159 Å². The summed E-state index contributed by atoms with van der Waals surface area (Å²) in [7, 11) is 0. The summed E-state index contributed by atoms with van der Waals surface area (Å²) in [6, 6.07) is 13.2. The molecule has 2 aromatic rings. The zero-order chi connectivity index (χ0) is 19.8. The lowest BCUT2D eigenvalue weighted by atomic mass is 10.1. The van der Waals surface area contributed by atoms with Gasteiger partial charge in [-0.15, -0.1) is 0 Å². The van der Waals surface area contributed by atoms with Crippen LogP contribution in [0.2, 0.25) is 0 Å². The first kappa shape index (κ1) is 20.2. The van der Waals surface area contributed by atoms with Crippen molar-refractivity contribution >= 4 is 23.5 Å². The van der Waals surface area contributed by atoms with E-state index in [9.17, 15) is 14.4 Å². The van der Waals surface area contributed by atoms with Gasteiger partial charge in [-0.3, -0.25) is 9.59 Å². The van der Waals surface area contributed by atoms with Crippen LogP contribution < -0.4 is 5.32 Å². The van der Waals surface area contributed by atoms with Crippen molar-refractivity contribution < 1.29 is 19.1 Å². The van der Waals surface area contributed by atoms with Crippen LogP contribution in [0.4, 0.5) is 5.69 Å². The Kier molecular flexibility index (Phi) is 7.11. The summed E-state index contributed by atoms with van der Waals surface area (Å²) in [5, 5.41) is 2.72. The second kappa shape index (κ2) is 9.52. The van der Waals surface area contributed by atoms with E-state index in [1.54, 1.807) is 60.4 Å². The second-order valence-electron chi connectivity index (χ2n) is 5.78.